The molecule has 2 aromatic carbocycles. The van der Waals surface area contributed by atoms with Crippen molar-refractivity contribution in [3.8, 4) is 17.3 Å². The van der Waals surface area contributed by atoms with E-state index in [1.165, 1.54) is 6.08 Å². The fourth-order valence-corrected chi connectivity index (χ4v) is 4.61. The molecule has 1 aliphatic heterocycles. The third-order valence-electron chi connectivity index (χ3n) is 6.32. The summed E-state index contributed by atoms with van der Waals surface area (Å²) in [6.07, 6.45) is 6.35. The van der Waals surface area contributed by atoms with Crippen molar-refractivity contribution in [2.45, 2.75) is 25.9 Å². The number of amides is 1. The number of hydrogen-bond acceptors (Lipinski definition) is 5. The van der Waals surface area contributed by atoms with Gasteiger partial charge in [0.05, 0.1) is 18.1 Å². The summed E-state index contributed by atoms with van der Waals surface area (Å²) in [6.45, 7) is 6.83. The molecule has 8 heteroatoms. The summed E-state index contributed by atoms with van der Waals surface area (Å²) in [5, 5.41) is 2.62. The van der Waals surface area contributed by atoms with E-state index in [4.69, 9.17) is 21.1 Å². The number of aryl methyl sites for hydroxylation is 1. The molecule has 0 unspecified atom stereocenters. The molecule has 7 nitrogen and oxygen atoms in total. The molecule has 0 radical (unpaired) electrons. The van der Waals surface area contributed by atoms with Crippen LogP contribution in [0.3, 0.4) is 0 Å². The summed E-state index contributed by atoms with van der Waals surface area (Å²) in [7, 11) is 1.62. The Morgan fingerprint density at radius 3 is 2.71 bits per heavy atom. The Labute approximate surface area is 202 Å². The van der Waals surface area contributed by atoms with Crippen molar-refractivity contribution in [3.63, 3.8) is 0 Å². The fraction of sp³-hybridized carbons (Fsp3) is 0.269. The number of ether oxygens (including phenoxy) is 2. The molecular formula is C26H25ClN4O3. The minimum absolute atomic E-state index is 0.0227. The summed E-state index contributed by atoms with van der Waals surface area (Å²) in [6, 6.07) is 9.87. The highest BCUT2D eigenvalue weighted by molar-refractivity contribution is 6.32. The van der Waals surface area contributed by atoms with Gasteiger partial charge >= 0.3 is 0 Å². The molecule has 0 saturated carbocycles. The first-order valence-corrected chi connectivity index (χ1v) is 11.5. The third-order valence-corrected chi connectivity index (χ3v) is 6.73. The molecule has 2 aromatic heterocycles. The van der Waals surface area contributed by atoms with E-state index in [1.54, 1.807) is 18.3 Å². The molecule has 0 atom stereocenters. The minimum atomic E-state index is -0.0426. The number of nitrogens with zero attached hydrogens (tertiary/aromatic N) is 4. The first-order chi connectivity index (χ1) is 16.5. The Morgan fingerprint density at radius 2 is 1.97 bits per heavy atom. The highest BCUT2D eigenvalue weighted by atomic mass is 35.5. The van der Waals surface area contributed by atoms with E-state index in [0.29, 0.717) is 24.6 Å². The molecule has 1 aliphatic rings. The van der Waals surface area contributed by atoms with E-state index >= 15 is 0 Å². The zero-order chi connectivity index (χ0) is 23.8. The summed E-state index contributed by atoms with van der Waals surface area (Å²) in [5.74, 6) is 1.96. The van der Waals surface area contributed by atoms with Crippen LogP contribution in [0, 0.1) is 6.92 Å². The van der Waals surface area contributed by atoms with Gasteiger partial charge < -0.3 is 18.9 Å². The normalized spacial score (nSPS) is 14.5. The first-order valence-electron chi connectivity index (χ1n) is 11.2. The van der Waals surface area contributed by atoms with Crippen LogP contribution in [0.15, 0.2) is 55.5 Å². The van der Waals surface area contributed by atoms with Crippen molar-refractivity contribution in [2.24, 2.45) is 0 Å². The van der Waals surface area contributed by atoms with Gasteiger partial charge in [-0.1, -0.05) is 18.2 Å². The Morgan fingerprint density at radius 1 is 1.18 bits per heavy atom. The molecule has 34 heavy (non-hydrogen) atoms. The molecule has 1 saturated heterocycles. The van der Waals surface area contributed by atoms with Crippen molar-refractivity contribution in [3.05, 3.63) is 66.1 Å². The lowest BCUT2D eigenvalue weighted by atomic mass is 10.1. The smallest absolute Gasteiger partial charge is 0.245 e. The average Bonchev–Trinajstić information content (AvgIpc) is 3.25. The van der Waals surface area contributed by atoms with Crippen LogP contribution in [0.4, 0.5) is 0 Å². The monoisotopic (exact) mass is 476 g/mol. The van der Waals surface area contributed by atoms with Crippen LogP contribution in [-0.2, 0) is 4.79 Å². The lowest BCUT2D eigenvalue weighted by Crippen LogP contribution is -2.41. The molecule has 0 N–H and O–H groups in total. The van der Waals surface area contributed by atoms with Crippen molar-refractivity contribution >= 4 is 39.3 Å². The van der Waals surface area contributed by atoms with Crippen LogP contribution < -0.4 is 9.47 Å². The molecule has 0 bridgehead atoms. The maximum Gasteiger partial charge on any atom is 0.245 e. The van der Waals surface area contributed by atoms with Gasteiger partial charge in [0.25, 0.3) is 0 Å². The molecule has 0 spiro atoms. The van der Waals surface area contributed by atoms with Crippen molar-refractivity contribution in [1.82, 2.24) is 19.4 Å². The third kappa shape index (κ3) is 3.96. The highest BCUT2D eigenvalue weighted by Crippen LogP contribution is 2.36. The molecule has 3 heterocycles. The summed E-state index contributed by atoms with van der Waals surface area (Å²) in [4.78, 5) is 22.7. The zero-order valence-corrected chi connectivity index (χ0v) is 19.9. The van der Waals surface area contributed by atoms with Crippen LogP contribution in [0.1, 0.15) is 18.4 Å². The topological polar surface area (TPSA) is 69.5 Å². The second-order valence-corrected chi connectivity index (χ2v) is 8.82. The van der Waals surface area contributed by atoms with Gasteiger partial charge in [0.2, 0.25) is 5.91 Å². The van der Waals surface area contributed by atoms with Gasteiger partial charge in [-0.15, -0.1) is 0 Å². The molecule has 174 valence electrons. The van der Waals surface area contributed by atoms with Gasteiger partial charge in [0, 0.05) is 54.0 Å². The standard InChI is InChI=1S/C26H25ClN4O3/c1-4-25(32)30-8-6-18(7-9-30)34-24-13-19-21(14-23(24)33-3)28-15-29-26(19)31-10-5-17-12-20(27)16(2)11-22(17)31/h4-5,10-15,18H,1,6-9H2,2-3H3. The zero-order valence-electron chi connectivity index (χ0n) is 19.1. The van der Waals surface area contributed by atoms with Gasteiger partial charge in [-0.05, 0) is 42.8 Å². The predicted molar refractivity (Wildman–Crippen MR) is 133 cm³/mol. The number of aromatic nitrogens is 3. The van der Waals surface area contributed by atoms with Gasteiger partial charge in [0.15, 0.2) is 11.5 Å². The van der Waals surface area contributed by atoms with Crippen molar-refractivity contribution in [2.75, 3.05) is 20.2 Å². The van der Waals surface area contributed by atoms with Crippen LogP contribution in [0.2, 0.25) is 5.02 Å². The Hall–Kier alpha value is -3.58. The second kappa shape index (κ2) is 8.99. The second-order valence-electron chi connectivity index (χ2n) is 8.41. The maximum atomic E-state index is 11.9. The predicted octanol–water partition coefficient (Wildman–Crippen LogP) is 5.10. The molecule has 5 rings (SSSR count). The summed E-state index contributed by atoms with van der Waals surface area (Å²) >= 11 is 6.33. The van der Waals surface area contributed by atoms with E-state index < -0.39 is 0 Å². The summed E-state index contributed by atoms with van der Waals surface area (Å²) < 4.78 is 14.0. The number of fused-ring (bicyclic) bond motifs is 2. The Bertz CT molecular complexity index is 1410. The maximum absolute atomic E-state index is 11.9. The van der Waals surface area contributed by atoms with Crippen LogP contribution in [0.25, 0.3) is 27.6 Å². The largest absolute Gasteiger partial charge is 0.493 e. The number of likely N-dealkylation sites (tertiary alicyclic amines) is 1. The lowest BCUT2D eigenvalue weighted by molar-refractivity contribution is -0.127. The summed E-state index contributed by atoms with van der Waals surface area (Å²) in [5.41, 5.74) is 2.77. The number of halogens is 1. The Kier molecular flexibility index (Phi) is 5.87. The number of piperidine rings is 1. The molecular weight excluding hydrogens is 452 g/mol. The van der Waals surface area contributed by atoms with Crippen LogP contribution in [-0.4, -0.2) is 51.6 Å². The SMILES string of the molecule is C=CC(=O)N1CCC(Oc2cc3c(-n4ccc5cc(Cl)c(C)cc54)ncnc3cc2OC)CC1. The molecule has 1 amide bonds. The lowest BCUT2D eigenvalue weighted by Gasteiger charge is -2.31. The van der Waals surface area contributed by atoms with E-state index in [1.807, 2.05) is 42.0 Å². The van der Waals surface area contributed by atoms with E-state index in [-0.39, 0.29) is 12.0 Å². The van der Waals surface area contributed by atoms with Crippen molar-refractivity contribution in [1.29, 1.82) is 0 Å². The number of benzene rings is 2. The number of hydrogen-bond donors (Lipinski definition) is 0. The molecule has 0 aliphatic carbocycles. The molecule has 4 aromatic rings. The number of methoxy groups -OCH3 is 1. The van der Waals surface area contributed by atoms with E-state index in [9.17, 15) is 4.79 Å². The first kappa shape index (κ1) is 22.2. The van der Waals surface area contributed by atoms with E-state index in [0.717, 1.165) is 51.1 Å². The quantitative estimate of drug-likeness (QED) is 0.375. The number of rotatable bonds is 5. The van der Waals surface area contributed by atoms with Gasteiger partial charge in [-0.25, -0.2) is 9.97 Å². The number of carbonyl (C=O) groups is 1. The number of carbonyl (C=O) groups excluding carboxylic acids is 1. The van der Waals surface area contributed by atoms with Crippen LogP contribution in [0.5, 0.6) is 11.5 Å². The minimum Gasteiger partial charge on any atom is -0.493 e. The average molecular weight is 477 g/mol. The van der Waals surface area contributed by atoms with Crippen molar-refractivity contribution < 1.29 is 14.3 Å². The Balaban J connectivity index is 1.53. The van der Waals surface area contributed by atoms with Gasteiger partial charge in [-0.3, -0.25) is 4.79 Å². The van der Waals surface area contributed by atoms with Gasteiger partial charge in [-0.2, -0.15) is 0 Å². The van der Waals surface area contributed by atoms with E-state index in [2.05, 4.69) is 22.6 Å². The fourth-order valence-electron chi connectivity index (χ4n) is 4.44. The van der Waals surface area contributed by atoms with Gasteiger partial charge in [0.1, 0.15) is 18.2 Å². The van der Waals surface area contributed by atoms with Crippen LogP contribution >= 0.6 is 11.6 Å². The molecule has 1 fully saturated rings. The highest BCUT2D eigenvalue weighted by Gasteiger charge is 2.24.